The molecule has 4 amide bonds. The molecule has 2 rings (SSSR count). The van der Waals surface area contributed by atoms with Crippen molar-refractivity contribution < 1.29 is 28.6 Å². The summed E-state index contributed by atoms with van der Waals surface area (Å²) in [6, 6.07) is 2.80. The number of aliphatic hydroxyl groups is 1. The summed E-state index contributed by atoms with van der Waals surface area (Å²) in [7, 11) is 0. The number of alkyl carbamates (subject to hydrolysis) is 1. The van der Waals surface area contributed by atoms with Gasteiger partial charge in [-0.3, -0.25) is 9.69 Å². The molecule has 1 heterocycles. The average Bonchev–Trinajstić information content (AvgIpc) is 2.92. The first-order valence-corrected chi connectivity index (χ1v) is 11.7. The van der Waals surface area contributed by atoms with E-state index in [1.807, 2.05) is 13.8 Å². The fourth-order valence-corrected chi connectivity index (χ4v) is 3.78. The van der Waals surface area contributed by atoms with Gasteiger partial charge in [0.15, 0.2) is 0 Å². The Bertz CT molecular complexity index is 858. The maximum absolute atomic E-state index is 14.2. The third kappa shape index (κ3) is 8.25. The summed E-state index contributed by atoms with van der Waals surface area (Å²) in [5.74, 6) is -1.35. The molecule has 1 aromatic rings. The summed E-state index contributed by atoms with van der Waals surface area (Å²) >= 11 is 0. The van der Waals surface area contributed by atoms with Crippen LogP contribution in [0.3, 0.4) is 0 Å². The van der Waals surface area contributed by atoms with E-state index in [-0.39, 0.29) is 24.6 Å². The average molecular weight is 481 g/mol. The summed E-state index contributed by atoms with van der Waals surface area (Å²) in [5.41, 5.74) is -0.868. The van der Waals surface area contributed by atoms with E-state index in [0.29, 0.717) is 19.4 Å². The van der Waals surface area contributed by atoms with Crippen molar-refractivity contribution in [3.8, 4) is 0 Å². The number of aliphatic hydroxyl groups excluding tert-OH is 1. The maximum atomic E-state index is 14.2. The van der Waals surface area contributed by atoms with E-state index in [0.717, 1.165) is 4.90 Å². The van der Waals surface area contributed by atoms with Crippen molar-refractivity contribution in [2.45, 2.75) is 77.7 Å². The standard InChI is InChI=1S/C24H37FN4O5/c1-15(2)13-18(28-23(33)34-24(3,4)5)21(31)29(19-11-8-12-26-14-20(19)30)22(32)27-17-10-7-6-9-16(17)25/h6-7,9-10,15,18-20,26,30H,8,11-14H2,1-5H3,(H,27,32)(H,28,33)/t18?,19?,20-/m0/s1. The molecule has 0 aliphatic carbocycles. The predicted octanol–water partition coefficient (Wildman–Crippen LogP) is 3.24. The normalized spacial score (nSPS) is 19.6. The van der Waals surface area contributed by atoms with E-state index in [1.54, 1.807) is 26.8 Å². The largest absolute Gasteiger partial charge is 0.444 e. The molecule has 0 saturated carbocycles. The molecule has 3 atom stereocenters. The molecular formula is C24H37FN4O5. The van der Waals surface area contributed by atoms with Gasteiger partial charge in [0.2, 0.25) is 0 Å². The number of β-amino-alcohol motifs (C(OH)–C–C–N with tert-alkyl or cyclic N) is 1. The Morgan fingerprint density at radius 3 is 2.56 bits per heavy atom. The molecule has 10 heteroatoms. The molecule has 0 radical (unpaired) electrons. The quantitative estimate of drug-likeness (QED) is 0.496. The molecule has 1 aromatic carbocycles. The number of amides is 4. The van der Waals surface area contributed by atoms with Crippen LogP contribution in [0.25, 0.3) is 0 Å². The van der Waals surface area contributed by atoms with Crippen LogP contribution in [0.15, 0.2) is 24.3 Å². The van der Waals surface area contributed by atoms with Gasteiger partial charge in [0, 0.05) is 6.54 Å². The van der Waals surface area contributed by atoms with Crippen molar-refractivity contribution in [1.82, 2.24) is 15.5 Å². The highest BCUT2D eigenvalue weighted by Gasteiger charge is 2.39. The molecular weight excluding hydrogens is 443 g/mol. The van der Waals surface area contributed by atoms with Crippen LogP contribution >= 0.6 is 0 Å². The van der Waals surface area contributed by atoms with Crippen molar-refractivity contribution in [2.75, 3.05) is 18.4 Å². The summed E-state index contributed by atoms with van der Waals surface area (Å²) < 4.78 is 19.5. The number of carbonyl (C=O) groups excluding carboxylic acids is 3. The van der Waals surface area contributed by atoms with Gasteiger partial charge in [-0.05, 0) is 64.6 Å². The number of nitrogens with zero attached hydrogens (tertiary/aromatic N) is 1. The van der Waals surface area contributed by atoms with Gasteiger partial charge < -0.3 is 25.8 Å². The van der Waals surface area contributed by atoms with Crippen LogP contribution in [-0.2, 0) is 9.53 Å². The molecule has 9 nitrogen and oxygen atoms in total. The molecule has 1 fully saturated rings. The van der Waals surface area contributed by atoms with Gasteiger partial charge in [-0.25, -0.2) is 14.0 Å². The van der Waals surface area contributed by atoms with Crippen LogP contribution in [-0.4, -0.2) is 64.9 Å². The summed E-state index contributed by atoms with van der Waals surface area (Å²) in [6.45, 7) is 9.68. The van der Waals surface area contributed by atoms with E-state index in [9.17, 15) is 23.9 Å². The zero-order chi connectivity index (χ0) is 25.5. The molecule has 190 valence electrons. The second-order valence-electron chi connectivity index (χ2n) is 9.93. The zero-order valence-electron chi connectivity index (χ0n) is 20.6. The highest BCUT2D eigenvalue weighted by molar-refractivity contribution is 6.04. The van der Waals surface area contributed by atoms with E-state index in [1.165, 1.54) is 18.2 Å². The monoisotopic (exact) mass is 480 g/mol. The van der Waals surface area contributed by atoms with Gasteiger partial charge in [0.1, 0.15) is 17.5 Å². The third-order valence-corrected chi connectivity index (χ3v) is 5.25. The van der Waals surface area contributed by atoms with Gasteiger partial charge in [-0.2, -0.15) is 0 Å². The van der Waals surface area contributed by atoms with Gasteiger partial charge in [0.05, 0.1) is 17.8 Å². The number of rotatable bonds is 6. The third-order valence-electron chi connectivity index (χ3n) is 5.25. The number of halogens is 1. The van der Waals surface area contributed by atoms with Crippen molar-refractivity contribution in [3.63, 3.8) is 0 Å². The Hall–Kier alpha value is -2.72. The van der Waals surface area contributed by atoms with Gasteiger partial charge >= 0.3 is 12.1 Å². The lowest BCUT2D eigenvalue weighted by molar-refractivity contribution is -0.134. The lowest BCUT2D eigenvalue weighted by atomic mass is 9.99. The first-order valence-electron chi connectivity index (χ1n) is 11.7. The molecule has 1 aliphatic heterocycles. The highest BCUT2D eigenvalue weighted by atomic mass is 19.1. The molecule has 4 N–H and O–H groups in total. The van der Waals surface area contributed by atoms with Crippen LogP contribution in [0.4, 0.5) is 19.7 Å². The number of nitrogens with one attached hydrogen (secondary N) is 3. The van der Waals surface area contributed by atoms with Gasteiger partial charge in [0.25, 0.3) is 5.91 Å². The van der Waals surface area contributed by atoms with Crippen molar-refractivity contribution in [2.24, 2.45) is 5.92 Å². The fourth-order valence-electron chi connectivity index (χ4n) is 3.78. The SMILES string of the molecule is CC(C)CC(NC(=O)OC(C)(C)C)C(=O)N(C(=O)Nc1ccccc1F)C1CCCNC[C@@H]1O. The van der Waals surface area contributed by atoms with Gasteiger partial charge in [-0.1, -0.05) is 26.0 Å². The maximum Gasteiger partial charge on any atom is 0.408 e. The minimum atomic E-state index is -1.08. The van der Waals surface area contributed by atoms with Crippen molar-refractivity contribution in [1.29, 1.82) is 0 Å². The lowest BCUT2D eigenvalue weighted by Gasteiger charge is -2.35. The lowest BCUT2D eigenvalue weighted by Crippen LogP contribution is -2.59. The van der Waals surface area contributed by atoms with Crippen LogP contribution < -0.4 is 16.0 Å². The molecule has 0 aromatic heterocycles. The molecule has 1 saturated heterocycles. The Morgan fingerprint density at radius 1 is 1.26 bits per heavy atom. The van der Waals surface area contributed by atoms with E-state index in [2.05, 4.69) is 16.0 Å². The number of ether oxygens (including phenoxy) is 1. The van der Waals surface area contributed by atoms with Crippen LogP contribution in [0.1, 0.15) is 53.9 Å². The van der Waals surface area contributed by atoms with E-state index < -0.39 is 47.6 Å². The van der Waals surface area contributed by atoms with Crippen molar-refractivity contribution in [3.05, 3.63) is 30.1 Å². The second-order valence-corrected chi connectivity index (χ2v) is 9.93. The zero-order valence-corrected chi connectivity index (χ0v) is 20.6. The van der Waals surface area contributed by atoms with Crippen LogP contribution in [0.2, 0.25) is 0 Å². The highest BCUT2D eigenvalue weighted by Crippen LogP contribution is 2.21. The Labute approximate surface area is 200 Å². The Kier molecular flexibility index (Phi) is 9.81. The van der Waals surface area contributed by atoms with Gasteiger partial charge in [-0.15, -0.1) is 0 Å². The number of benzene rings is 1. The first-order chi connectivity index (χ1) is 15.9. The number of imide groups is 1. The summed E-state index contributed by atoms with van der Waals surface area (Å²) in [4.78, 5) is 40.4. The first kappa shape index (κ1) is 27.5. The fraction of sp³-hybridized carbons (Fsp3) is 0.625. The van der Waals surface area contributed by atoms with Crippen LogP contribution in [0, 0.1) is 11.7 Å². The molecule has 1 aliphatic rings. The number of anilines is 1. The Balaban J connectivity index is 2.38. The Morgan fingerprint density at radius 2 is 1.94 bits per heavy atom. The molecule has 0 spiro atoms. The van der Waals surface area contributed by atoms with Crippen LogP contribution in [0.5, 0.6) is 0 Å². The van der Waals surface area contributed by atoms with E-state index in [4.69, 9.17) is 4.74 Å². The minimum absolute atomic E-state index is 0.00101. The second kappa shape index (κ2) is 12.1. The molecule has 2 unspecified atom stereocenters. The number of hydrogen-bond acceptors (Lipinski definition) is 6. The molecule has 0 bridgehead atoms. The smallest absolute Gasteiger partial charge is 0.408 e. The predicted molar refractivity (Wildman–Crippen MR) is 127 cm³/mol. The minimum Gasteiger partial charge on any atom is -0.444 e. The molecule has 34 heavy (non-hydrogen) atoms. The number of urea groups is 1. The summed E-state index contributed by atoms with van der Waals surface area (Å²) in [6.07, 6.45) is -0.607. The van der Waals surface area contributed by atoms with E-state index >= 15 is 0 Å². The number of hydrogen-bond donors (Lipinski definition) is 4. The van der Waals surface area contributed by atoms with Crippen molar-refractivity contribution >= 4 is 23.7 Å². The number of para-hydroxylation sites is 1. The number of carbonyl (C=O) groups is 3. The summed E-state index contributed by atoms with van der Waals surface area (Å²) in [5, 5.41) is 18.8. The topological polar surface area (TPSA) is 120 Å².